The van der Waals surface area contributed by atoms with E-state index in [1.54, 1.807) is 0 Å². The van der Waals surface area contributed by atoms with E-state index in [0.29, 0.717) is 0 Å². The van der Waals surface area contributed by atoms with Crippen LogP contribution in [0.2, 0.25) is 0 Å². The Hall–Kier alpha value is -1.55. The van der Waals surface area contributed by atoms with Crippen molar-refractivity contribution in [1.82, 2.24) is 5.32 Å². The first-order valence-corrected chi connectivity index (χ1v) is 7.89. The van der Waals surface area contributed by atoms with Gasteiger partial charge < -0.3 is 15.8 Å². The van der Waals surface area contributed by atoms with Crippen molar-refractivity contribution in [3.05, 3.63) is 29.3 Å². The van der Waals surface area contributed by atoms with Gasteiger partial charge in [0, 0.05) is 23.4 Å². The first kappa shape index (κ1) is 16.8. The number of ether oxygens (including phenoxy) is 1. The Bertz CT molecular complexity index is 571. The summed E-state index contributed by atoms with van der Waals surface area (Å²) in [5, 5.41) is 3.18. The minimum atomic E-state index is -0.415. The Morgan fingerprint density at radius 3 is 2.59 bits per heavy atom. The number of benzene rings is 1. The number of rotatable bonds is 2. The molecule has 2 unspecified atom stereocenters. The van der Waals surface area contributed by atoms with Gasteiger partial charge in [-0.15, -0.1) is 0 Å². The summed E-state index contributed by atoms with van der Waals surface area (Å²) >= 11 is 0. The molecule has 4 nitrogen and oxygen atoms in total. The van der Waals surface area contributed by atoms with Crippen LogP contribution >= 0.6 is 0 Å². The highest BCUT2D eigenvalue weighted by atomic mass is 16.5. The van der Waals surface area contributed by atoms with Gasteiger partial charge in [0.15, 0.2) is 0 Å². The highest BCUT2D eigenvalue weighted by Gasteiger charge is 2.36. The lowest BCUT2D eigenvalue weighted by Gasteiger charge is -2.39. The fourth-order valence-electron chi connectivity index (χ4n) is 2.66. The van der Waals surface area contributed by atoms with Crippen molar-refractivity contribution in [2.24, 2.45) is 11.1 Å². The van der Waals surface area contributed by atoms with Crippen molar-refractivity contribution in [2.75, 3.05) is 0 Å². The zero-order valence-electron chi connectivity index (χ0n) is 14.5. The number of carbonyl (C=O) groups is 1. The number of carbonyl (C=O) groups excluding carboxylic acids is 1. The first-order valence-electron chi connectivity index (χ1n) is 7.89. The second-order valence-corrected chi connectivity index (χ2v) is 7.93. The topological polar surface area (TPSA) is 64.3 Å². The van der Waals surface area contributed by atoms with Crippen molar-refractivity contribution in [3.8, 4) is 5.75 Å². The summed E-state index contributed by atoms with van der Waals surface area (Å²) in [6.07, 6.45) is 0.740. The van der Waals surface area contributed by atoms with Crippen LogP contribution in [0.15, 0.2) is 18.2 Å². The minimum absolute atomic E-state index is 0.0424. The van der Waals surface area contributed by atoms with E-state index < -0.39 is 5.41 Å². The van der Waals surface area contributed by atoms with Crippen LogP contribution in [0.4, 0.5) is 0 Å². The number of amides is 1. The van der Waals surface area contributed by atoms with Crippen LogP contribution < -0.4 is 15.8 Å². The van der Waals surface area contributed by atoms with Crippen LogP contribution in [0.5, 0.6) is 5.75 Å². The van der Waals surface area contributed by atoms with Gasteiger partial charge in [0.1, 0.15) is 11.4 Å². The summed E-state index contributed by atoms with van der Waals surface area (Å²) in [5.41, 5.74) is 7.34. The van der Waals surface area contributed by atoms with Crippen LogP contribution in [0.25, 0.3) is 0 Å². The monoisotopic (exact) mass is 304 g/mol. The number of nitrogens with two attached hydrogens (primary N) is 1. The van der Waals surface area contributed by atoms with Crippen molar-refractivity contribution in [1.29, 1.82) is 0 Å². The molecule has 0 saturated carbocycles. The van der Waals surface area contributed by atoms with Gasteiger partial charge in [-0.1, -0.05) is 26.8 Å². The van der Waals surface area contributed by atoms with Gasteiger partial charge in [0.25, 0.3) is 0 Å². The van der Waals surface area contributed by atoms with E-state index >= 15 is 0 Å². The molecule has 1 heterocycles. The van der Waals surface area contributed by atoms with Crippen LogP contribution in [-0.4, -0.2) is 11.5 Å². The smallest absolute Gasteiger partial charge is 0.225 e. The lowest BCUT2D eigenvalue weighted by atomic mass is 9.87. The molecule has 2 atom stereocenters. The standard InChI is InChI=1S/C18H28N2O2/c1-11(19)12-7-8-15-13(9-12)14(10-18(5,6)22-15)20-16(21)17(2,3)4/h7-9,11,14H,10,19H2,1-6H3,(H,20,21). The van der Waals surface area contributed by atoms with Gasteiger partial charge in [-0.25, -0.2) is 0 Å². The highest BCUT2D eigenvalue weighted by Crippen LogP contribution is 2.40. The van der Waals surface area contributed by atoms with Crippen molar-refractivity contribution >= 4 is 5.91 Å². The van der Waals surface area contributed by atoms with E-state index in [0.717, 1.165) is 23.3 Å². The predicted octanol–water partition coefficient (Wildman–Crippen LogP) is 3.47. The molecular weight excluding hydrogens is 276 g/mol. The predicted molar refractivity (Wildman–Crippen MR) is 88.7 cm³/mol. The molecule has 0 radical (unpaired) electrons. The average molecular weight is 304 g/mol. The summed E-state index contributed by atoms with van der Waals surface area (Å²) in [4.78, 5) is 12.4. The van der Waals surface area contributed by atoms with E-state index in [4.69, 9.17) is 10.5 Å². The molecule has 122 valence electrons. The SMILES string of the molecule is CC(N)c1ccc2c(c1)C(NC(=O)C(C)(C)C)CC(C)(C)O2. The van der Waals surface area contributed by atoms with Crippen molar-refractivity contribution in [3.63, 3.8) is 0 Å². The fourth-order valence-corrected chi connectivity index (χ4v) is 2.66. The molecule has 1 aliphatic rings. The lowest BCUT2D eigenvalue weighted by Crippen LogP contribution is -2.44. The third-order valence-corrected chi connectivity index (χ3v) is 4.00. The van der Waals surface area contributed by atoms with E-state index in [9.17, 15) is 4.79 Å². The largest absolute Gasteiger partial charge is 0.487 e. The molecule has 3 N–H and O–H groups in total. The van der Waals surface area contributed by atoms with Gasteiger partial charge >= 0.3 is 0 Å². The number of hydrogen-bond acceptors (Lipinski definition) is 3. The maximum Gasteiger partial charge on any atom is 0.225 e. The zero-order chi connectivity index (χ0) is 16.7. The van der Waals surface area contributed by atoms with E-state index in [1.165, 1.54) is 0 Å². The molecule has 1 aromatic carbocycles. The third kappa shape index (κ3) is 3.61. The second-order valence-electron chi connectivity index (χ2n) is 7.93. The van der Waals surface area contributed by atoms with Gasteiger partial charge in [0.2, 0.25) is 5.91 Å². The summed E-state index contributed by atoms with van der Waals surface area (Å²) in [7, 11) is 0. The molecule has 0 aromatic heterocycles. The number of hydrogen-bond donors (Lipinski definition) is 2. The molecule has 22 heavy (non-hydrogen) atoms. The summed E-state index contributed by atoms with van der Waals surface area (Å²) < 4.78 is 6.06. The molecule has 2 rings (SSSR count). The molecule has 1 amide bonds. The van der Waals surface area contributed by atoms with Crippen molar-refractivity contribution in [2.45, 2.75) is 65.6 Å². The van der Waals surface area contributed by atoms with E-state index in [-0.39, 0.29) is 23.6 Å². The Morgan fingerprint density at radius 1 is 1.41 bits per heavy atom. The van der Waals surface area contributed by atoms with Gasteiger partial charge in [-0.05, 0) is 38.5 Å². The van der Waals surface area contributed by atoms with Gasteiger partial charge in [-0.3, -0.25) is 4.79 Å². The molecule has 1 aromatic rings. The maximum atomic E-state index is 12.4. The molecule has 0 bridgehead atoms. The third-order valence-electron chi connectivity index (χ3n) is 4.00. The van der Waals surface area contributed by atoms with Crippen molar-refractivity contribution < 1.29 is 9.53 Å². The Kier molecular flexibility index (Phi) is 4.26. The molecule has 4 heteroatoms. The summed E-state index contributed by atoms with van der Waals surface area (Å²) in [5.74, 6) is 0.882. The molecule has 0 fully saturated rings. The highest BCUT2D eigenvalue weighted by molar-refractivity contribution is 5.82. The minimum Gasteiger partial charge on any atom is -0.487 e. The fraction of sp³-hybridized carbons (Fsp3) is 0.611. The van der Waals surface area contributed by atoms with E-state index in [2.05, 4.69) is 11.4 Å². The van der Waals surface area contributed by atoms with Crippen LogP contribution in [0, 0.1) is 5.41 Å². The normalized spacial score (nSPS) is 21.5. The maximum absolute atomic E-state index is 12.4. The molecule has 0 aliphatic carbocycles. The van der Waals surface area contributed by atoms with Gasteiger partial charge in [0.05, 0.1) is 6.04 Å². The quantitative estimate of drug-likeness (QED) is 0.879. The Balaban J connectivity index is 2.38. The second kappa shape index (κ2) is 5.58. The Morgan fingerprint density at radius 2 is 2.05 bits per heavy atom. The summed E-state index contributed by atoms with van der Waals surface area (Å²) in [6, 6.07) is 5.92. The zero-order valence-corrected chi connectivity index (χ0v) is 14.5. The van der Waals surface area contributed by atoms with Crippen LogP contribution in [-0.2, 0) is 4.79 Å². The summed E-state index contributed by atoms with van der Waals surface area (Å²) in [6.45, 7) is 11.8. The van der Waals surface area contributed by atoms with Gasteiger partial charge in [-0.2, -0.15) is 0 Å². The molecule has 0 saturated heterocycles. The number of fused-ring (bicyclic) bond motifs is 1. The molecule has 0 spiro atoms. The van der Waals surface area contributed by atoms with Crippen LogP contribution in [0.3, 0.4) is 0 Å². The molecule has 1 aliphatic heterocycles. The Labute approximate surface area is 133 Å². The first-order chi connectivity index (χ1) is 9.99. The number of nitrogens with one attached hydrogen (secondary N) is 1. The van der Waals surface area contributed by atoms with E-state index in [1.807, 2.05) is 53.7 Å². The molecular formula is C18H28N2O2. The average Bonchev–Trinajstić information content (AvgIpc) is 2.35. The van der Waals surface area contributed by atoms with Crippen LogP contribution in [0.1, 0.15) is 71.2 Å². The lowest BCUT2D eigenvalue weighted by molar-refractivity contribution is -0.129.